The summed E-state index contributed by atoms with van der Waals surface area (Å²) in [6.07, 6.45) is 1.65. The maximum absolute atomic E-state index is 13.3. The van der Waals surface area contributed by atoms with Crippen LogP contribution in [0.5, 0.6) is 0 Å². The highest BCUT2D eigenvalue weighted by Gasteiger charge is 2.35. The maximum Gasteiger partial charge on any atom is 0.282 e. The molecule has 7 heteroatoms. The van der Waals surface area contributed by atoms with Gasteiger partial charge in [0.25, 0.3) is 5.91 Å². The Morgan fingerprint density at radius 3 is 2.78 bits per heavy atom. The maximum atomic E-state index is 13.3. The normalized spacial score (nSPS) is 13.8. The van der Waals surface area contributed by atoms with Gasteiger partial charge in [0.1, 0.15) is 11.5 Å². The Morgan fingerprint density at radius 1 is 1.22 bits per heavy atom. The first kappa shape index (κ1) is 16.9. The number of carbonyl (C=O) groups is 1. The van der Waals surface area contributed by atoms with Crippen LogP contribution in [0.2, 0.25) is 0 Å². The number of amides is 1. The lowest BCUT2D eigenvalue weighted by Crippen LogP contribution is -2.51. The highest BCUT2D eigenvalue weighted by atomic mass is 19.1. The summed E-state index contributed by atoms with van der Waals surface area (Å²) >= 11 is 0. The Balaban J connectivity index is 1.65. The summed E-state index contributed by atoms with van der Waals surface area (Å²) in [7, 11) is 0. The first-order chi connectivity index (χ1) is 13.0. The third-order valence-electron chi connectivity index (χ3n) is 4.34. The third kappa shape index (κ3) is 3.17. The van der Waals surface area contributed by atoms with E-state index in [0.717, 1.165) is 5.39 Å². The van der Waals surface area contributed by atoms with Gasteiger partial charge in [0, 0.05) is 24.8 Å². The van der Waals surface area contributed by atoms with Crippen molar-refractivity contribution in [3.05, 3.63) is 72.1 Å². The number of nitrogens with zero attached hydrogens (tertiary/aromatic N) is 4. The number of aromatic nitrogens is 3. The average molecular weight is 364 g/mol. The molecule has 0 N–H and O–H groups in total. The zero-order valence-corrected chi connectivity index (χ0v) is 14.2. The fourth-order valence-corrected chi connectivity index (χ4v) is 2.97. The van der Waals surface area contributed by atoms with E-state index in [2.05, 4.69) is 28.5 Å². The molecular weight excluding hydrogens is 350 g/mol. The van der Waals surface area contributed by atoms with Crippen molar-refractivity contribution < 1.29 is 13.6 Å². The first-order valence-electron chi connectivity index (χ1n) is 8.27. The number of halogens is 2. The molecule has 1 aliphatic rings. The Bertz CT molecular complexity index is 1120. The molecule has 0 saturated carbocycles. The number of hydrogen-bond acceptors (Lipinski definition) is 3. The standard InChI is InChI=1S/C20H14F2N4O/c1-13(21)20(27)25-11-16(12-25)26-19-17(6-3-9-23-19)18(24-26)8-7-14-4-2-5-15(22)10-14/h2-6,9-10,16H,1,11-12H2. The monoisotopic (exact) mass is 364 g/mol. The lowest BCUT2D eigenvalue weighted by Gasteiger charge is -2.38. The minimum absolute atomic E-state index is 0.115. The van der Waals surface area contributed by atoms with Crippen molar-refractivity contribution in [2.75, 3.05) is 13.1 Å². The molecule has 0 bridgehead atoms. The summed E-state index contributed by atoms with van der Waals surface area (Å²) in [5, 5.41) is 5.29. The van der Waals surface area contributed by atoms with Gasteiger partial charge in [-0.1, -0.05) is 18.6 Å². The molecule has 0 spiro atoms. The molecule has 0 unspecified atom stereocenters. The fraction of sp³-hybridized carbons (Fsp3) is 0.150. The summed E-state index contributed by atoms with van der Waals surface area (Å²) in [6, 6.07) is 9.54. The number of fused-ring (bicyclic) bond motifs is 1. The number of likely N-dealkylation sites (tertiary alicyclic amines) is 1. The average Bonchev–Trinajstić information content (AvgIpc) is 2.97. The van der Waals surface area contributed by atoms with Gasteiger partial charge in [0.05, 0.1) is 11.4 Å². The van der Waals surface area contributed by atoms with Gasteiger partial charge in [-0.15, -0.1) is 0 Å². The molecular formula is C20H14F2N4O. The van der Waals surface area contributed by atoms with Crippen molar-refractivity contribution >= 4 is 16.9 Å². The topological polar surface area (TPSA) is 51.0 Å². The van der Waals surface area contributed by atoms with Crippen molar-refractivity contribution in [1.82, 2.24) is 19.7 Å². The lowest BCUT2D eigenvalue weighted by molar-refractivity contribution is -0.134. The van der Waals surface area contributed by atoms with E-state index in [4.69, 9.17) is 0 Å². The summed E-state index contributed by atoms with van der Waals surface area (Å²) in [5.74, 6) is 3.83. The van der Waals surface area contributed by atoms with E-state index in [1.165, 1.54) is 17.0 Å². The second kappa shape index (κ2) is 6.65. The molecule has 0 radical (unpaired) electrons. The van der Waals surface area contributed by atoms with E-state index in [9.17, 15) is 13.6 Å². The highest BCUT2D eigenvalue weighted by Crippen LogP contribution is 2.27. The molecule has 27 heavy (non-hydrogen) atoms. The number of pyridine rings is 1. The number of benzene rings is 1. The quantitative estimate of drug-likeness (QED) is 0.519. The molecule has 1 aromatic carbocycles. The molecule has 3 aromatic rings. The summed E-state index contributed by atoms with van der Waals surface area (Å²) in [4.78, 5) is 17.3. The van der Waals surface area contributed by atoms with Gasteiger partial charge in [-0.2, -0.15) is 5.10 Å². The summed E-state index contributed by atoms with van der Waals surface area (Å²) in [6.45, 7) is 3.68. The molecule has 0 aliphatic carbocycles. The van der Waals surface area contributed by atoms with Crippen LogP contribution in [-0.4, -0.2) is 38.7 Å². The van der Waals surface area contributed by atoms with E-state index in [0.29, 0.717) is 30.0 Å². The van der Waals surface area contributed by atoms with Gasteiger partial charge >= 0.3 is 0 Å². The molecule has 1 amide bonds. The molecule has 2 aromatic heterocycles. The van der Waals surface area contributed by atoms with Crippen LogP contribution in [-0.2, 0) is 4.79 Å². The third-order valence-corrected chi connectivity index (χ3v) is 4.34. The van der Waals surface area contributed by atoms with Crippen LogP contribution in [0.25, 0.3) is 11.0 Å². The predicted molar refractivity (Wildman–Crippen MR) is 95.8 cm³/mol. The van der Waals surface area contributed by atoms with E-state index in [1.54, 1.807) is 29.1 Å². The van der Waals surface area contributed by atoms with Crippen LogP contribution < -0.4 is 0 Å². The first-order valence-corrected chi connectivity index (χ1v) is 8.27. The number of carbonyl (C=O) groups excluding carboxylic acids is 1. The molecule has 1 fully saturated rings. The second-order valence-corrected chi connectivity index (χ2v) is 6.20. The second-order valence-electron chi connectivity index (χ2n) is 6.20. The Labute approximate surface area is 153 Å². The van der Waals surface area contributed by atoms with Crippen LogP contribution in [0.3, 0.4) is 0 Å². The van der Waals surface area contributed by atoms with E-state index in [1.807, 2.05) is 6.07 Å². The highest BCUT2D eigenvalue weighted by molar-refractivity contribution is 5.91. The number of rotatable bonds is 2. The zero-order chi connectivity index (χ0) is 19.0. The Morgan fingerprint density at radius 2 is 2.04 bits per heavy atom. The van der Waals surface area contributed by atoms with Crippen molar-refractivity contribution in [3.8, 4) is 11.8 Å². The van der Waals surface area contributed by atoms with Gasteiger partial charge in [-0.25, -0.2) is 18.4 Å². The SMILES string of the molecule is C=C(F)C(=O)N1CC(n2nc(C#Cc3cccc(F)c3)c3cccnc32)C1. The van der Waals surface area contributed by atoms with Crippen molar-refractivity contribution in [2.24, 2.45) is 0 Å². The molecule has 1 saturated heterocycles. The van der Waals surface area contributed by atoms with Crippen molar-refractivity contribution in [1.29, 1.82) is 0 Å². The van der Waals surface area contributed by atoms with E-state index < -0.39 is 11.7 Å². The number of hydrogen-bond donors (Lipinski definition) is 0. The predicted octanol–water partition coefficient (Wildman–Crippen LogP) is 2.84. The molecule has 5 nitrogen and oxygen atoms in total. The zero-order valence-electron chi connectivity index (χ0n) is 14.2. The molecule has 134 valence electrons. The molecule has 4 rings (SSSR count). The minimum atomic E-state index is -0.974. The molecule has 3 heterocycles. The van der Waals surface area contributed by atoms with Gasteiger partial charge in [0.2, 0.25) is 0 Å². The molecule has 1 aliphatic heterocycles. The fourth-order valence-electron chi connectivity index (χ4n) is 2.97. The van der Waals surface area contributed by atoms with E-state index in [-0.39, 0.29) is 11.9 Å². The van der Waals surface area contributed by atoms with Crippen LogP contribution in [0.4, 0.5) is 8.78 Å². The lowest BCUT2D eigenvalue weighted by atomic mass is 10.1. The van der Waals surface area contributed by atoms with Crippen molar-refractivity contribution in [3.63, 3.8) is 0 Å². The van der Waals surface area contributed by atoms with Gasteiger partial charge < -0.3 is 4.90 Å². The summed E-state index contributed by atoms with van der Waals surface area (Å²) in [5.41, 5.74) is 1.70. The van der Waals surface area contributed by atoms with Crippen LogP contribution in [0.1, 0.15) is 17.3 Å². The van der Waals surface area contributed by atoms with Gasteiger partial charge in [-0.3, -0.25) is 4.79 Å². The smallest absolute Gasteiger partial charge is 0.282 e. The van der Waals surface area contributed by atoms with Gasteiger partial charge in [0.15, 0.2) is 11.5 Å². The van der Waals surface area contributed by atoms with Crippen molar-refractivity contribution in [2.45, 2.75) is 6.04 Å². The summed E-state index contributed by atoms with van der Waals surface area (Å²) < 4.78 is 28.0. The van der Waals surface area contributed by atoms with Crippen LogP contribution >= 0.6 is 0 Å². The largest absolute Gasteiger partial charge is 0.332 e. The Hall–Kier alpha value is -3.53. The van der Waals surface area contributed by atoms with Crippen LogP contribution in [0, 0.1) is 17.7 Å². The minimum Gasteiger partial charge on any atom is -0.332 e. The molecule has 0 atom stereocenters. The van der Waals surface area contributed by atoms with Gasteiger partial charge in [-0.05, 0) is 36.3 Å². The Kier molecular flexibility index (Phi) is 4.16. The van der Waals surface area contributed by atoms with Crippen LogP contribution in [0.15, 0.2) is 55.0 Å². The van der Waals surface area contributed by atoms with E-state index >= 15 is 0 Å².